The first-order valence-electron chi connectivity index (χ1n) is 11.5. The van der Waals surface area contributed by atoms with Gasteiger partial charge in [-0.15, -0.1) is 5.10 Å². The molecule has 6 rings (SSSR count). The molecule has 1 atom stereocenters. The molecule has 31 heavy (non-hydrogen) atoms. The smallest absolute Gasteiger partial charge is 0.246 e. The number of carbonyl (C=O) groups excluding carboxylic acids is 1. The highest BCUT2D eigenvalue weighted by atomic mass is 16.2. The summed E-state index contributed by atoms with van der Waals surface area (Å²) in [6.45, 7) is 0.781. The lowest BCUT2D eigenvalue weighted by molar-refractivity contribution is -0.122. The topological polar surface area (TPSA) is 103 Å². The van der Waals surface area contributed by atoms with E-state index in [0.717, 1.165) is 43.6 Å². The molecule has 3 aliphatic rings. The monoisotopic (exact) mass is 420 g/mol. The number of fused-ring (bicyclic) bond motifs is 1. The van der Waals surface area contributed by atoms with Crippen LogP contribution in [-0.4, -0.2) is 49.3 Å². The number of aromatic amines is 1. The minimum Gasteiger partial charge on any atom is -0.352 e. The minimum atomic E-state index is -0.215. The lowest BCUT2D eigenvalue weighted by atomic mass is 10.1. The number of amides is 1. The van der Waals surface area contributed by atoms with Gasteiger partial charge in [-0.2, -0.15) is 10.1 Å². The van der Waals surface area contributed by atoms with Crippen LogP contribution in [0.3, 0.4) is 0 Å². The molecule has 3 fully saturated rings. The lowest BCUT2D eigenvalue weighted by Gasteiger charge is -2.25. The zero-order valence-electron chi connectivity index (χ0n) is 17.5. The second-order valence-electron chi connectivity index (χ2n) is 9.05. The zero-order chi connectivity index (χ0) is 20.8. The maximum Gasteiger partial charge on any atom is 0.246 e. The fourth-order valence-electron chi connectivity index (χ4n) is 4.91. The van der Waals surface area contributed by atoms with Crippen LogP contribution < -0.4 is 15.5 Å². The third-order valence-electron chi connectivity index (χ3n) is 6.76. The molecule has 9 nitrogen and oxygen atoms in total. The number of carbonyl (C=O) groups is 1. The van der Waals surface area contributed by atoms with Crippen LogP contribution in [0.4, 0.5) is 17.6 Å². The number of anilines is 3. The summed E-state index contributed by atoms with van der Waals surface area (Å²) in [4.78, 5) is 19.9. The van der Waals surface area contributed by atoms with Crippen molar-refractivity contribution in [3.8, 4) is 0 Å². The maximum atomic E-state index is 13.0. The molecule has 9 heteroatoms. The molecule has 0 bridgehead atoms. The fourth-order valence-corrected chi connectivity index (χ4v) is 4.91. The van der Waals surface area contributed by atoms with Crippen molar-refractivity contribution >= 4 is 29.0 Å². The standard InChI is InChI=1S/C22H28N8O/c31-21(23-15-5-1-2-6-15)18-8-3-11-29(18)22-25-20(17-7-4-12-30(17)28-22)24-19-13-16(26-27-19)14-9-10-14/h4,7,12-15,18H,1-3,5-6,8-11H2,(H,23,31)(H2,24,25,26,27,28). The van der Waals surface area contributed by atoms with E-state index in [0.29, 0.717) is 23.7 Å². The number of hydrogen-bond donors (Lipinski definition) is 3. The molecule has 0 spiro atoms. The summed E-state index contributed by atoms with van der Waals surface area (Å²) < 4.78 is 1.82. The Morgan fingerprint density at radius 3 is 2.84 bits per heavy atom. The fraction of sp³-hybridized carbons (Fsp3) is 0.545. The first-order valence-corrected chi connectivity index (χ1v) is 11.5. The first kappa shape index (κ1) is 18.7. The minimum absolute atomic E-state index is 0.108. The Bertz CT molecular complexity index is 1090. The molecule has 3 N–H and O–H groups in total. The van der Waals surface area contributed by atoms with E-state index in [2.05, 4.69) is 31.8 Å². The molecular formula is C22H28N8O. The van der Waals surface area contributed by atoms with Crippen LogP contribution >= 0.6 is 0 Å². The maximum absolute atomic E-state index is 13.0. The summed E-state index contributed by atoms with van der Waals surface area (Å²) in [7, 11) is 0. The molecule has 3 aromatic heterocycles. The van der Waals surface area contributed by atoms with Gasteiger partial charge in [0.2, 0.25) is 11.9 Å². The number of rotatable bonds is 6. The van der Waals surface area contributed by atoms with Crippen molar-refractivity contribution in [1.82, 2.24) is 30.1 Å². The Labute approximate surface area is 180 Å². The van der Waals surface area contributed by atoms with E-state index in [1.54, 1.807) is 0 Å². The van der Waals surface area contributed by atoms with Gasteiger partial charge in [-0.3, -0.25) is 9.89 Å². The zero-order valence-corrected chi connectivity index (χ0v) is 17.5. The van der Waals surface area contributed by atoms with E-state index >= 15 is 0 Å². The Hall–Kier alpha value is -3.10. The average Bonchev–Trinajstić information content (AvgIpc) is 3.27. The van der Waals surface area contributed by atoms with E-state index in [1.165, 1.54) is 31.4 Å². The van der Waals surface area contributed by atoms with E-state index in [4.69, 9.17) is 10.1 Å². The van der Waals surface area contributed by atoms with Crippen molar-refractivity contribution in [2.45, 2.75) is 69.4 Å². The lowest BCUT2D eigenvalue weighted by Crippen LogP contribution is -2.47. The van der Waals surface area contributed by atoms with Gasteiger partial charge in [0.05, 0.1) is 0 Å². The molecule has 2 saturated carbocycles. The van der Waals surface area contributed by atoms with Crippen LogP contribution in [0.2, 0.25) is 0 Å². The summed E-state index contributed by atoms with van der Waals surface area (Å²) in [6, 6.07) is 6.10. The van der Waals surface area contributed by atoms with Crippen molar-refractivity contribution in [1.29, 1.82) is 0 Å². The normalized spacial score (nSPS) is 21.8. The number of nitrogens with zero attached hydrogens (tertiary/aromatic N) is 5. The molecule has 3 aromatic rings. The van der Waals surface area contributed by atoms with Crippen molar-refractivity contribution in [3.63, 3.8) is 0 Å². The Morgan fingerprint density at radius 1 is 1.13 bits per heavy atom. The van der Waals surface area contributed by atoms with Gasteiger partial charge < -0.3 is 15.5 Å². The van der Waals surface area contributed by atoms with Crippen molar-refractivity contribution in [2.24, 2.45) is 0 Å². The quantitative estimate of drug-likeness (QED) is 0.566. The number of nitrogens with one attached hydrogen (secondary N) is 3. The molecule has 0 radical (unpaired) electrons. The molecule has 1 saturated heterocycles. The number of hydrogen-bond acceptors (Lipinski definition) is 6. The van der Waals surface area contributed by atoms with Gasteiger partial charge in [0.25, 0.3) is 0 Å². The molecular weight excluding hydrogens is 392 g/mol. The van der Waals surface area contributed by atoms with Gasteiger partial charge in [0.15, 0.2) is 11.6 Å². The molecule has 1 amide bonds. The van der Waals surface area contributed by atoms with Gasteiger partial charge in [0, 0.05) is 36.5 Å². The average molecular weight is 421 g/mol. The van der Waals surface area contributed by atoms with Gasteiger partial charge in [-0.05, 0) is 50.7 Å². The van der Waals surface area contributed by atoms with E-state index in [1.807, 2.05) is 22.8 Å². The van der Waals surface area contributed by atoms with Crippen molar-refractivity contribution < 1.29 is 4.79 Å². The van der Waals surface area contributed by atoms with Crippen LogP contribution in [0.15, 0.2) is 24.4 Å². The van der Waals surface area contributed by atoms with Gasteiger partial charge in [-0.25, -0.2) is 4.52 Å². The predicted molar refractivity (Wildman–Crippen MR) is 118 cm³/mol. The predicted octanol–water partition coefficient (Wildman–Crippen LogP) is 3.10. The van der Waals surface area contributed by atoms with Crippen LogP contribution in [0.5, 0.6) is 0 Å². The third kappa shape index (κ3) is 3.62. The Balaban J connectivity index is 1.27. The summed E-state index contributed by atoms with van der Waals surface area (Å²) in [5.74, 6) is 2.75. The molecule has 0 aromatic carbocycles. The first-order chi connectivity index (χ1) is 15.2. The summed E-state index contributed by atoms with van der Waals surface area (Å²) >= 11 is 0. The molecule has 162 valence electrons. The largest absolute Gasteiger partial charge is 0.352 e. The Morgan fingerprint density at radius 2 is 2.00 bits per heavy atom. The van der Waals surface area contributed by atoms with Crippen LogP contribution in [0.1, 0.15) is 63.0 Å². The second-order valence-corrected chi connectivity index (χ2v) is 9.05. The van der Waals surface area contributed by atoms with E-state index in [-0.39, 0.29) is 11.9 Å². The number of aromatic nitrogens is 5. The van der Waals surface area contributed by atoms with Crippen molar-refractivity contribution in [2.75, 3.05) is 16.8 Å². The highest BCUT2D eigenvalue weighted by Crippen LogP contribution is 2.39. The summed E-state index contributed by atoms with van der Waals surface area (Å²) in [6.07, 6.45) is 10.7. The van der Waals surface area contributed by atoms with Crippen LogP contribution in [0, 0.1) is 0 Å². The van der Waals surface area contributed by atoms with Crippen molar-refractivity contribution in [3.05, 3.63) is 30.1 Å². The summed E-state index contributed by atoms with van der Waals surface area (Å²) in [5.41, 5.74) is 2.05. The van der Waals surface area contributed by atoms with Gasteiger partial charge in [-0.1, -0.05) is 12.8 Å². The Kier molecular flexibility index (Phi) is 4.54. The van der Waals surface area contributed by atoms with Gasteiger partial charge in [0.1, 0.15) is 11.6 Å². The summed E-state index contributed by atoms with van der Waals surface area (Å²) in [5, 5.41) is 18.9. The van der Waals surface area contributed by atoms with E-state index in [9.17, 15) is 4.79 Å². The highest BCUT2D eigenvalue weighted by Gasteiger charge is 2.34. The van der Waals surface area contributed by atoms with E-state index < -0.39 is 0 Å². The van der Waals surface area contributed by atoms with Crippen LogP contribution in [0.25, 0.3) is 5.52 Å². The molecule has 1 unspecified atom stereocenters. The van der Waals surface area contributed by atoms with Gasteiger partial charge >= 0.3 is 0 Å². The molecule has 2 aliphatic carbocycles. The molecule has 4 heterocycles. The third-order valence-corrected chi connectivity index (χ3v) is 6.76. The second kappa shape index (κ2) is 7.55. The highest BCUT2D eigenvalue weighted by molar-refractivity contribution is 5.86. The molecule has 1 aliphatic heterocycles. The van der Waals surface area contributed by atoms with Crippen LogP contribution in [-0.2, 0) is 4.79 Å². The SMILES string of the molecule is O=C(NC1CCCC1)C1CCCN1c1nc(Nc2cc(C3CC3)[nH]n2)c2cccn2n1. The number of H-pyrrole nitrogens is 1.